The minimum absolute atomic E-state index is 0.0162. The first-order valence-electron chi connectivity index (χ1n) is 7.46. The van der Waals surface area contributed by atoms with E-state index in [9.17, 15) is 0 Å². The van der Waals surface area contributed by atoms with Crippen molar-refractivity contribution in [3.63, 3.8) is 0 Å². The highest BCUT2D eigenvalue weighted by Crippen LogP contribution is 2.32. The Balaban J connectivity index is 1.71. The number of rotatable bonds is 2. The van der Waals surface area contributed by atoms with E-state index in [-0.39, 0.29) is 5.60 Å². The molecule has 4 heteroatoms. The van der Waals surface area contributed by atoms with Crippen LogP contribution in [-0.4, -0.2) is 28.0 Å². The fraction of sp³-hybridized carbons (Fsp3) is 0.800. The Kier molecular flexibility index (Phi) is 3.39. The second kappa shape index (κ2) is 4.91. The van der Waals surface area contributed by atoms with Gasteiger partial charge in [-0.3, -0.25) is 4.68 Å². The van der Waals surface area contributed by atoms with Gasteiger partial charge in [0.1, 0.15) is 0 Å². The summed E-state index contributed by atoms with van der Waals surface area (Å²) in [5.74, 6) is 0. The van der Waals surface area contributed by atoms with Crippen LogP contribution >= 0.6 is 0 Å². The Morgan fingerprint density at radius 3 is 3.05 bits per heavy atom. The summed E-state index contributed by atoms with van der Waals surface area (Å²) >= 11 is 0. The molecule has 2 heterocycles. The van der Waals surface area contributed by atoms with Crippen LogP contribution in [0.2, 0.25) is 0 Å². The van der Waals surface area contributed by atoms with Crippen LogP contribution in [0.5, 0.6) is 0 Å². The standard InChI is InChI=1S/C15H25N3O/c1-15(2)9-11(7-8-19-15)17-13-5-4-6-14-12(13)10-16-18(14)3/h10-11,13,17H,4-9H2,1-3H3. The maximum Gasteiger partial charge on any atom is 0.0641 e. The second-order valence-electron chi connectivity index (χ2n) is 6.58. The molecule has 19 heavy (non-hydrogen) atoms. The molecular formula is C15H25N3O. The lowest BCUT2D eigenvalue weighted by atomic mass is 9.89. The van der Waals surface area contributed by atoms with Crippen LogP contribution in [0.15, 0.2) is 6.20 Å². The minimum Gasteiger partial charge on any atom is -0.375 e. The summed E-state index contributed by atoms with van der Waals surface area (Å²) in [7, 11) is 2.05. The van der Waals surface area contributed by atoms with Crippen LogP contribution in [-0.2, 0) is 18.2 Å². The van der Waals surface area contributed by atoms with E-state index in [0.29, 0.717) is 12.1 Å². The van der Waals surface area contributed by atoms with Crippen LogP contribution in [0.3, 0.4) is 0 Å². The van der Waals surface area contributed by atoms with Crippen molar-refractivity contribution >= 4 is 0 Å². The van der Waals surface area contributed by atoms with E-state index < -0.39 is 0 Å². The Bertz CT molecular complexity index is 452. The largest absolute Gasteiger partial charge is 0.375 e. The Labute approximate surface area is 115 Å². The molecule has 2 atom stereocenters. The van der Waals surface area contributed by atoms with Gasteiger partial charge in [0.05, 0.1) is 11.8 Å². The monoisotopic (exact) mass is 263 g/mol. The number of aryl methyl sites for hydroxylation is 1. The van der Waals surface area contributed by atoms with Crippen molar-refractivity contribution in [1.82, 2.24) is 15.1 Å². The molecule has 106 valence electrons. The zero-order valence-electron chi connectivity index (χ0n) is 12.3. The van der Waals surface area contributed by atoms with Crippen molar-refractivity contribution in [3.05, 3.63) is 17.5 Å². The van der Waals surface area contributed by atoms with Gasteiger partial charge in [-0.05, 0) is 46.0 Å². The number of nitrogens with one attached hydrogen (secondary N) is 1. The van der Waals surface area contributed by atoms with Crippen LogP contribution in [0.1, 0.15) is 56.8 Å². The van der Waals surface area contributed by atoms with Crippen molar-refractivity contribution in [2.24, 2.45) is 7.05 Å². The second-order valence-corrected chi connectivity index (χ2v) is 6.58. The average molecular weight is 263 g/mol. The summed E-state index contributed by atoms with van der Waals surface area (Å²) in [4.78, 5) is 0. The van der Waals surface area contributed by atoms with Crippen molar-refractivity contribution < 1.29 is 4.74 Å². The zero-order chi connectivity index (χ0) is 13.5. The van der Waals surface area contributed by atoms with Gasteiger partial charge in [-0.15, -0.1) is 0 Å². The van der Waals surface area contributed by atoms with E-state index in [1.165, 1.54) is 30.5 Å². The van der Waals surface area contributed by atoms with E-state index in [2.05, 4.69) is 37.5 Å². The predicted molar refractivity (Wildman–Crippen MR) is 75.1 cm³/mol. The topological polar surface area (TPSA) is 39.1 Å². The molecule has 1 aliphatic heterocycles. The van der Waals surface area contributed by atoms with E-state index in [1.807, 2.05) is 4.68 Å². The highest BCUT2D eigenvalue weighted by molar-refractivity contribution is 5.24. The molecule has 0 spiro atoms. The number of hydrogen-bond acceptors (Lipinski definition) is 3. The molecule has 0 amide bonds. The Morgan fingerprint density at radius 2 is 2.26 bits per heavy atom. The third-order valence-electron chi connectivity index (χ3n) is 4.51. The molecule has 1 N–H and O–H groups in total. The molecule has 1 saturated heterocycles. The minimum atomic E-state index is 0.0162. The smallest absolute Gasteiger partial charge is 0.0641 e. The van der Waals surface area contributed by atoms with Gasteiger partial charge in [-0.1, -0.05) is 0 Å². The lowest BCUT2D eigenvalue weighted by Gasteiger charge is -2.38. The number of ether oxygens (including phenoxy) is 1. The first-order valence-corrected chi connectivity index (χ1v) is 7.46. The Morgan fingerprint density at radius 1 is 1.42 bits per heavy atom. The van der Waals surface area contributed by atoms with E-state index in [0.717, 1.165) is 19.4 Å². The fourth-order valence-corrected chi connectivity index (χ4v) is 3.54. The average Bonchev–Trinajstić information content (AvgIpc) is 2.71. The first-order chi connectivity index (χ1) is 9.05. The van der Waals surface area contributed by atoms with Crippen LogP contribution in [0.25, 0.3) is 0 Å². The van der Waals surface area contributed by atoms with E-state index in [1.54, 1.807) is 0 Å². The summed E-state index contributed by atoms with van der Waals surface area (Å²) in [5.41, 5.74) is 2.84. The summed E-state index contributed by atoms with van der Waals surface area (Å²) in [6.07, 6.45) is 7.93. The first kappa shape index (κ1) is 13.1. The molecule has 2 aliphatic rings. The van der Waals surface area contributed by atoms with Gasteiger partial charge < -0.3 is 10.1 Å². The molecule has 1 fully saturated rings. The third kappa shape index (κ3) is 2.70. The van der Waals surface area contributed by atoms with Crippen molar-refractivity contribution in [1.29, 1.82) is 0 Å². The molecule has 0 bridgehead atoms. The quantitative estimate of drug-likeness (QED) is 0.890. The molecule has 0 aromatic carbocycles. The zero-order valence-corrected chi connectivity index (χ0v) is 12.3. The fourth-order valence-electron chi connectivity index (χ4n) is 3.54. The number of aromatic nitrogens is 2. The maximum absolute atomic E-state index is 5.80. The molecule has 1 aromatic rings. The van der Waals surface area contributed by atoms with Crippen molar-refractivity contribution in [3.8, 4) is 0 Å². The van der Waals surface area contributed by atoms with Crippen LogP contribution in [0, 0.1) is 0 Å². The van der Waals surface area contributed by atoms with Crippen molar-refractivity contribution in [2.45, 2.75) is 63.6 Å². The van der Waals surface area contributed by atoms with Gasteiger partial charge in [-0.25, -0.2) is 0 Å². The molecule has 0 saturated carbocycles. The van der Waals surface area contributed by atoms with Gasteiger partial charge in [0.2, 0.25) is 0 Å². The molecule has 3 rings (SSSR count). The lowest BCUT2D eigenvalue weighted by Crippen LogP contribution is -2.45. The maximum atomic E-state index is 5.80. The van der Waals surface area contributed by atoms with Gasteiger partial charge in [0, 0.05) is 37.0 Å². The van der Waals surface area contributed by atoms with E-state index in [4.69, 9.17) is 4.74 Å². The predicted octanol–water partition coefficient (Wildman–Crippen LogP) is 2.34. The lowest BCUT2D eigenvalue weighted by molar-refractivity contribution is -0.0644. The van der Waals surface area contributed by atoms with Crippen molar-refractivity contribution in [2.75, 3.05) is 6.61 Å². The third-order valence-corrected chi connectivity index (χ3v) is 4.51. The van der Waals surface area contributed by atoms with Crippen LogP contribution < -0.4 is 5.32 Å². The van der Waals surface area contributed by atoms with E-state index >= 15 is 0 Å². The van der Waals surface area contributed by atoms with Gasteiger partial charge in [-0.2, -0.15) is 5.10 Å². The van der Waals surface area contributed by atoms with Gasteiger partial charge >= 0.3 is 0 Å². The summed E-state index contributed by atoms with van der Waals surface area (Å²) in [6, 6.07) is 1.05. The molecule has 2 unspecified atom stereocenters. The number of nitrogens with zero attached hydrogens (tertiary/aromatic N) is 2. The molecule has 1 aliphatic carbocycles. The van der Waals surface area contributed by atoms with Gasteiger partial charge in [0.15, 0.2) is 0 Å². The molecule has 4 nitrogen and oxygen atoms in total. The van der Waals surface area contributed by atoms with Gasteiger partial charge in [0.25, 0.3) is 0 Å². The SMILES string of the molecule is Cn1ncc2c1CCCC2NC1CCOC(C)(C)C1. The Hall–Kier alpha value is -0.870. The number of fused-ring (bicyclic) bond motifs is 1. The molecule has 0 radical (unpaired) electrons. The number of hydrogen-bond donors (Lipinski definition) is 1. The molecule has 1 aromatic heterocycles. The highest BCUT2D eigenvalue weighted by atomic mass is 16.5. The van der Waals surface area contributed by atoms with Crippen LogP contribution in [0.4, 0.5) is 0 Å². The highest BCUT2D eigenvalue weighted by Gasteiger charge is 2.32. The summed E-state index contributed by atoms with van der Waals surface area (Å²) in [5, 5.41) is 8.27. The summed E-state index contributed by atoms with van der Waals surface area (Å²) in [6.45, 7) is 5.26. The molecular weight excluding hydrogens is 238 g/mol. The summed E-state index contributed by atoms with van der Waals surface area (Å²) < 4.78 is 7.84. The normalized spacial score (nSPS) is 30.1.